The smallest absolute Gasteiger partial charge is 0.124 e. The zero-order valence-corrected chi connectivity index (χ0v) is 12.3. The van der Waals surface area contributed by atoms with Gasteiger partial charge in [0.1, 0.15) is 5.75 Å². The summed E-state index contributed by atoms with van der Waals surface area (Å²) in [4.78, 5) is 0. The van der Waals surface area contributed by atoms with Crippen LogP contribution in [0.15, 0.2) is 12.1 Å². The lowest BCUT2D eigenvalue weighted by atomic mass is 10.1. The van der Waals surface area contributed by atoms with E-state index in [4.69, 9.17) is 4.74 Å². The van der Waals surface area contributed by atoms with E-state index in [1.807, 2.05) is 0 Å². The van der Waals surface area contributed by atoms with Crippen molar-refractivity contribution in [2.24, 2.45) is 0 Å². The molecule has 1 aromatic carbocycles. The maximum atomic E-state index is 5.37. The lowest BCUT2D eigenvalue weighted by molar-refractivity contribution is 0.408. The van der Waals surface area contributed by atoms with Crippen LogP contribution in [0.2, 0.25) is 0 Å². The van der Waals surface area contributed by atoms with E-state index >= 15 is 0 Å². The summed E-state index contributed by atoms with van der Waals surface area (Å²) in [5.41, 5.74) is 3.72. The summed E-state index contributed by atoms with van der Waals surface area (Å²) in [6, 6.07) is 4.93. The third kappa shape index (κ3) is 4.67. The van der Waals surface area contributed by atoms with Crippen LogP contribution in [0.3, 0.4) is 0 Å². The highest BCUT2D eigenvalue weighted by Crippen LogP contribution is 2.24. The molecule has 0 saturated carbocycles. The van der Waals surface area contributed by atoms with Gasteiger partial charge in [0.15, 0.2) is 0 Å². The molecule has 18 heavy (non-hydrogen) atoms. The molecular formula is C15H26N2O. The van der Waals surface area contributed by atoms with Gasteiger partial charge in [-0.05, 0) is 30.5 Å². The maximum absolute atomic E-state index is 5.37. The predicted octanol–water partition coefficient (Wildman–Crippen LogP) is 2.40. The Morgan fingerprint density at radius 2 is 1.72 bits per heavy atom. The molecule has 0 aliphatic carbocycles. The quantitative estimate of drug-likeness (QED) is 0.729. The minimum Gasteiger partial charge on any atom is -0.496 e. The van der Waals surface area contributed by atoms with Gasteiger partial charge >= 0.3 is 0 Å². The Balaban J connectivity index is 2.44. The molecule has 0 aliphatic rings. The minimum absolute atomic E-state index is 0.553. The Morgan fingerprint density at radius 3 is 2.22 bits per heavy atom. The number of aryl methyl sites for hydroxylation is 2. The van der Waals surface area contributed by atoms with Crippen molar-refractivity contribution in [2.75, 3.05) is 20.2 Å². The van der Waals surface area contributed by atoms with E-state index in [1.54, 1.807) is 7.11 Å². The van der Waals surface area contributed by atoms with Crippen molar-refractivity contribution in [2.45, 2.75) is 40.3 Å². The predicted molar refractivity (Wildman–Crippen MR) is 77.3 cm³/mol. The fourth-order valence-electron chi connectivity index (χ4n) is 2.15. The monoisotopic (exact) mass is 250 g/mol. The first-order valence-corrected chi connectivity index (χ1v) is 6.62. The summed E-state index contributed by atoms with van der Waals surface area (Å²) in [5.74, 6) is 1.00. The van der Waals surface area contributed by atoms with Crippen molar-refractivity contribution in [3.63, 3.8) is 0 Å². The van der Waals surface area contributed by atoms with Gasteiger partial charge in [-0.25, -0.2) is 0 Å². The molecule has 1 rings (SSSR count). The van der Waals surface area contributed by atoms with E-state index in [2.05, 4.69) is 50.5 Å². The number of methoxy groups -OCH3 is 1. The fraction of sp³-hybridized carbons (Fsp3) is 0.600. The Labute approximate surface area is 111 Å². The van der Waals surface area contributed by atoms with Crippen LogP contribution in [0.5, 0.6) is 5.75 Å². The van der Waals surface area contributed by atoms with E-state index in [0.717, 1.165) is 25.4 Å². The van der Waals surface area contributed by atoms with Gasteiger partial charge in [-0.3, -0.25) is 0 Å². The number of ether oxygens (including phenoxy) is 1. The van der Waals surface area contributed by atoms with Gasteiger partial charge in [-0.2, -0.15) is 0 Å². The molecule has 0 atom stereocenters. The zero-order valence-electron chi connectivity index (χ0n) is 12.3. The minimum atomic E-state index is 0.553. The van der Waals surface area contributed by atoms with Crippen molar-refractivity contribution in [1.82, 2.24) is 10.6 Å². The highest BCUT2D eigenvalue weighted by molar-refractivity contribution is 5.43. The van der Waals surface area contributed by atoms with Gasteiger partial charge in [0.2, 0.25) is 0 Å². The third-order valence-electron chi connectivity index (χ3n) is 2.91. The lowest BCUT2D eigenvalue weighted by Crippen LogP contribution is -2.31. The molecular weight excluding hydrogens is 224 g/mol. The number of benzene rings is 1. The van der Waals surface area contributed by atoms with Gasteiger partial charge in [-0.1, -0.05) is 26.0 Å². The van der Waals surface area contributed by atoms with E-state index in [1.165, 1.54) is 16.7 Å². The maximum Gasteiger partial charge on any atom is 0.124 e. The van der Waals surface area contributed by atoms with Crippen LogP contribution < -0.4 is 15.4 Å². The molecule has 0 unspecified atom stereocenters. The molecule has 0 amide bonds. The lowest BCUT2D eigenvalue weighted by Gasteiger charge is -2.12. The first kappa shape index (κ1) is 15.0. The molecule has 0 aliphatic heterocycles. The normalized spacial score (nSPS) is 11.0. The molecule has 3 heteroatoms. The molecule has 0 saturated heterocycles. The molecule has 0 bridgehead atoms. The third-order valence-corrected chi connectivity index (χ3v) is 2.91. The van der Waals surface area contributed by atoms with E-state index in [9.17, 15) is 0 Å². The molecule has 2 N–H and O–H groups in total. The fourth-order valence-corrected chi connectivity index (χ4v) is 2.15. The van der Waals surface area contributed by atoms with Crippen molar-refractivity contribution in [3.05, 3.63) is 28.8 Å². The summed E-state index contributed by atoms with van der Waals surface area (Å²) in [5, 5.41) is 6.84. The molecule has 0 fully saturated rings. The van der Waals surface area contributed by atoms with Gasteiger partial charge in [0, 0.05) is 25.7 Å². The molecule has 0 radical (unpaired) electrons. The second kappa shape index (κ2) is 7.39. The van der Waals surface area contributed by atoms with E-state index in [-0.39, 0.29) is 0 Å². The first-order valence-electron chi connectivity index (χ1n) is 6.62. The van der Waals surface area contributed by atoms with Gasteiger partial charge < -0.3 is 15.4 Å². The van der Waals surface area contributed by atoms with Crippen molar-refractivity contribution < 1.29 is 4.74 Å². The van der Waals surface area contributed by atoms with Gasteiger partial charge in [0.05, 0.1) is 7.11 Å². The van der Waals surface area contributed by atoms with Crippen LogP contribution in [0.25, 0.3) is 0 Å². The highest BCUT2D eigenvalue weighted by atomic mass is 16.5. The van der Waals surface area contributed by atoms with Crippen LogP contribution in [0, 0.1) is 13.8 Å². The van der Waals surface area contributed by atoms with Crippen LogP contribution in [0.1, 0.15) is 30.5 Å². The van der Waals surface area contributed by atoms with Crippen molar-refractivity contribution >= 4 is 0 Å². The molecule has 0 spiro atoms. The average Bonchev–Trinajstić information content (AvgIpc) is 2.27. The summed E-state index contributed by atoms with van der Waals surface area (Å²) in [6.07, 6.45) is 0. The Kier molecular flexibility index (Phi) is 6.16. The van der Waals surface area contributed by atoms with Crippen molar-refractivity contribution in [3.8, 4) is 5.75 Å². The Morgan fingerprint density at radius 1 is 1.11 bits per heavy atom. The molecule has 0 heterocycles. The zero-order chi connectivity index (χ0) is 13.5. The van der Waals surface area contributed by atoms with Crippen LogP contribution >= 0.6 is 0 Å². The standard InChI is InChI=1S/C15H26N2O/c1-11(2)17-7-6-16-10-14-8-12(3)15(18-5)13(4)9-14/h8-9,11,16-17H,6-7,10H2,1-5H3. The summed E-state index contributed by atoms with van der Waals surface area (Å²) >= 11 is 0. The van der Waals surface area contributed by atoms with Gasteiger partial charge in [-0.15, -0.1) is 0 Å². The van der Waals surface area contributed by atoms with E-state index < -0.39 is 0 Å². The molecule has 102 valence electrons. The van der Waals surface area contributed by atoms with Crippen LogP contribution in [-0.4, -0.2) is 26.2 Å². The number of hydrogen-bond acceptors (Lipinski definition) is 3. The topological polar surface area (TPSA) is 33.3 Å². The Hall–Kier alpha value is -1.06. The average molecular weight is 250 g/mol. The number of hydrogen-bond donors (Lipinski definition) is 2. The molecule has 0 aromatic heterocycles. The Bertz CT molecular complexity index is 352. The van der Waals surface area contributed by atoms with E-state index in [0.29, 0.717) is 6.04 Å². The summed E-state index contributed by atoms with van der Waals surface area (Å²) in [7, 11) is 1.73. The molecule has 3 nitrogen and oxygen atoms in total. The van der Waals surface area contributed by atoms with Crippen molar-refractivity contribution in [1.29, 1.82) is 0 Å². The number of nitrogens with one attached hydrogen (secondary N) is 2. The van der Waals surface area contributed by atoms with Gasteiger partial charge in [0.25, 0.3) is 0 Å². The first-order chi connectivity index (χ1) is 8.54. The summed E-state index contributed by atoms with van der Waals surface area (Å²) in [6.45, 7) is 11.4. The van der Waals surface area contributed by atoms with Crippen LogP contribution in [-0.2, 0) is 6.54 Å². The SMILES string of the molecule is COc1c(C)cc(CNCCNC(C)C)cc1C. The molecule has 1 aromatic rings. The van der Waals surface area contributed by atoms with Crippen LogP contribution in [0.4, 0.5) is 0 Å². The second-order valence-corrected chi connectivity index (χ2v) is 5.05. The largest absolute Gasteiger partial charge is 0.496 e. The summed E-state index contributed by atoms with van der Waals surface area (Å²) < 4.78 is 5.37. The number of rotatable bonds is 7. The highest BCUT2D eigenvalue weighted by Gasteiger charge is 2.04. The second-order valence-electron chi connectivity index (χ2n) is 5.05.